The Morgan fingerprint density at radius 1 is 1.40 bits per heavy atom. The fraction of sp³-hybridized carbons (Fsp3) is 0.300. The lowest BCUT2D eigenvalue weighted by Gasteiger charge is -2.04. The van der Waals surface area contributed by atoms with E-state index >= 15 is 0 Å². The number of halogens is 3. The normalized spacial score (nSPS) is 10.1. The summed E-state index contributed by atoms with van der Waals surface area (Å²) in [6.45, 7) is 0.576. The summed E-state index contributed by atoms with van der Waals surface area (Å²) < 4.78 is 0.789. The van der Waals surface area contributed by atoms with E-state index in [-0.39, 0.29) is 5.91 Å². The van der Waals surface area contributed by atoms with Gasteiger partial charge in [0.05, 0.1) is 0 Å². The van der Waals surface area contributed by atoms with E-state index in [1.165, 1.54) is 0 Å². The van der Waals surface area contributed by atoms with Gasteiger partial charge in [0.25, 0.3) is 5.91 Å². The van der Waals surface area contributed by atoms with Crippen molar-refractivity contribution in [1.29, 1.82) is 0 Å². The number of benzene rings is 1. The van der Waals surface area contributed by atoms with Gasteiger partial charge in [0, 0.05) is 27.5 Å². The number of hydrogen-bond acceptors (Lipinski definition) is 1. The summed E-state index contributed by atoms with van der Waals surface area (Å²) in [5, 5.41) is 3.29. The average molecular weight is 311 g/mol. The third-order valence-electron chi connectivity index (χ3n) is 1.72. The highest BCUT2D eigenvalue weighted by Crippen LogP contribution is 2.19. The predicted molar refractivity (Wildman–Crippen MR) is 66.8 cm³/mol. The van der Waals surface area contributed by atoms with Crippen molar-refractivity contribution in [3.05, 3.63) is 33.3 Å². The Bertz CT molecular complexity index is 337. The molecule has 0 unspecified atom stereocenters. The van der Waals surface area contributed by atoms with E-state index in [0.717, 1.165) is 10.9 Å². The number of carbonyl (C=O) groups excluding carboxylic acids is 1. The molecule has 2 nitrogen and oxygen atoms in total. The first-order valence-corrected chi connectivity index (χ1v) is 6.14. The molecule has 1 aromatic rings. The molecule has 0 aliphatic heterocycles. The Labute approximate surface area is 107 Å². The molecule has 1 aromatic carbocycles. The van der Waals surface area contributed by atoms with Gasteiger partial charge in [-0.25, -0.2) is 0 Å². The van der Waals surface area contributed by atoms with Crippen molar-refractivity contribution in [2.24, 2.45) is 0 Å². The molecule has 0 aliphatic rings. The Hall–Kier alpha value is -0.250. The number of hydrogen-bond donors (Lipinski definition) is 1. The second-order valence-corrected chi connectivity index (χ2v) is 4.69. The number of nitrogens with one attached hydrogen (secondary N) is 1. The summed E-state index contributed by atoms with van der Waals surface area (Å²) in [5.74, 6) is 0.405. The van der Waals surface area contributed by atoms with Gasteiger partial charge in [0.1, 0.15) is 0 Å². The molecule has 82 valence electrons. The van der Waals surface area contributed by atoms with Crippen LogP contribution in [-0.4, -0.2) is 18.3 Å². The summed E-state index contributed by atoms with van der Waals surface area (Å²) in [6.07, 6.45) is 0.759. The van der Waals surface area contributed by atoms with Gasteiger partial charge in [-0.15, -0.1) is 11.6 Å². The van der Waals surface area contributed by atoms with Gasteiger partial charge < -0.3 is 5.32 Å². The van der Waals surface area contributed by atoms with E-state index < -0.39 is 0 Å². The van der Waals surface area contributed by atoms with Crippen LogP contribution in [0.25, 0.3) is 0 Å². The van der Waals surface area contributed by atoms with Crippen molar-refractivity contribution in [3.8, 4) is 0 Å². The van der Waals surface area contributed by atoms with Gasteiger partial charge in [0.15, 0.2) is 0 Å². The second kappa shape index (κ2) is 6.36. The van der Waals surface area contributed by atoms with Gasteiger partial charge in [-0.1, -0.05) is 27.5 Å². The summed E-state index contributed by atoms with van der Waals surface area (Å²) in [4.78, 5) is 11.6. The Kier molecular flexibility index (Phi) is 5.43. The third kappa shape index (κ3) is 4.41. The molecule has 0 heterocycles. The van der Waals surface area contributed by atoms with Gasteiger partial charge in [-0.3, -0.25) is 4.79 Å². The minimum atomic E-state index is -0.136. The molecule has 0 atom stereocenters. The Morgan fingerprint density at radius 2 is 2.13 bits per heavy atom. The number of alkyl halides is 1. The minimum absolute atomic E-state index is 0.136. The molecule has 1 amide bonds. The highest BCUT2D eigenvalue weighted by atomic mass is 79.9. The zero-order chi connectivity index (χ0) is 11.3. The largest absolute Gasteiger partial charge is 0.352 e. The zero-order valence-corrected chi connectivity index (χ0v) is 11.0. The van der Waals surface area contributed by atoms with Crippen LogP contribution in [0.15, 0.2) is 22.7 Å². The average Bonchev–Trinajstić information content (AvgIpc) is 2.16. The molecule has 0 radical (unpaired) electrons. The van der Waals surface area contributed by atoms with Crippen LogP contribution in [0.1, 0.15) is 16.8 Å². The molecule has 0 saturated carbocycles. The van der Waals surface area contributed by atoms with Crippen LogP contribution in [0, 0.1) is 0 Å². The first kappa shape index (κ1) is 12.8. The number of rotatable bonds is 4. The number of carbonyl (C=O) groups is 1. The molecule has 1 N–H and O–H groups in total. The van der Waals surface area contributed by atoms with Crippen molar-refractivity contribution in [2.45, 2.75) is 6.42 Å². The predicted octanol–water partition coefficient (Wildman–Crippen LogP) is 3.46. The van der Waals surface area contributed by atoms with Crippen molar-refractivity contribution in [3.63, 3.8) is 0 Å². The van der Waals surface area contributed by atoms with E-state index in [0.29, 0.717) is 23.0 Å². The van der Waals surface area contributed by atoms with Gasteiger partial charge in [-0.2, -0.15) is 0 Å². The standard InChI is InChI=1S/C10H10BrCl2NO/c11-8-4-7(5-9(13)6-8)10(15)14-3-1-2-12/h4-6H,1-3H2,(H,14,15). The molecule has 0 aromatic heterocycles. The van der Waals surface area contributed by atoms with E-state index in [2.05, 4.69) is 21.2 Å². The molecular weight excluding hydrogens is 301 g/mol. The van der Waals surface area contributed by atoms with Gasteiger partial charge >= 0.3 is 0 Å². The van der Waals surface area contributed by atoms with Crippen molar-refractivity contribution in [2.75, 3.05) is 12.4 Å². The Balaban J connectivity index is 2.65. The molecular formula is C10H10BrCl2NO. The summed E-state index contributed by atoms with van der Waals surface area (Å²) >= 11 is 14.6. The van der Waals surface area contributed by atoms with Gasteiger partial charge in [-0.05, 0) is 24.6 Å². The molecule has 0 saturated heterocycles. The minimum Gasteiger partial charge on any atom is -0.352 e. The van der Waals surface area contributed by atoms with Gasteiger partial charge in [0.2, 0.25) is 0 Å². The zero-order valence-electron chi connectivity index (χ0n) is 7.90. The highest BCUT2D eigenvalue weighted by molar-refractivity contribution is 9.10. The summed E-state index contributed by atoms with van der Waals surface area (Å²) in [7, 11) is 0. The lowest BCUT2D eigenvalue weighted by atomic mass is 10.2. The van der Waals surface area contributed by atoms with E-state index in [9.17, 15) is 4.79 Å². The maximum Gasteiger partial charge on any atom is 0.251 e. The monoisotopic (exact) mass is 309 g/mol. The van der Waals surface area contributed by atoms with Crippen LogP contribution in [0.2, 0.25) is 5.02 Å². The molecule has 5 heteroatoms. The van der Waals surface area contributed by atoms with Crippen LogP contribution in [0.3, 0.4) is 0 Å². The molecule has 0 bridgehead atoms. The maximum absolute atomic E-state index is 11.6. The highest BCUT2D eigenvalue weighted by Gasteiger charge is 2.06. The van der Waals surface area contributed by atoms with Crippen LogP contribution in [0.5, 0.6) is 0 Å². The fourth-order valence-corrected chi connectivity index (χ4v) is 2.05. The van der Waals surface area contributed by atoms with E-state index in [4.69, 9.17) is 23.2 Å². The van der Waals surface area contributed by atoms with Crippen LogP contribution in [0.4, 0.5) is 0 Å². The topological polar surface area (TPSA) is 29.1 Å². The molecule has 1 rings (SSSR count). The van der Waals surface area contributed by atoms with E-state index in [1.54, 1.807) is 18.2 Å². The maximum atomic E-state index is 11.6. The molecule has 0 fully saturated rings. The summed E-state index contributed by atoms with van der Waals surface area (Å²) in [6, 6.07) is 5.08. The molecule has 15 heavy (non-hydrogen) atoms. The smallest absolute Gasteiger partial charge is 0.251 e. The van der Waals surface area contributed by atoms with Crippen molar-refractivity contribution < 1.29 is 4.79 Å². The van der Waals surface area contributed by atoms with Crippen LogP contribution >= 0.6 is 39.1 Å². The third-order valence-corrected chi connectivity index (χ3v) is 2.66. The Morgan fingerprint density at radius 3 is 2.73 bits per heavy atom. The first-order chi connectivity index (χ1) is 7.13. The molecule has 0 spiro atoms. The lowest BCUT2D eigenvalue weighted by molar-refractivity contribution is 0.0953. The molecule has 0 aliphatic carbocycles. The number of amides is 1. The summed E-state index contributed by atoms with van der Waals surface area (Å²) in [5.41, 5.74) is 0.545. The van der Waals surface area contributed by atoms with Crippen molar-refractivity contribution in [1.82, 2.24) is 5.32 Å². The lowest BCUT2D eigenvalue weighted by Crippen LogP contribution is -2.24. The fourth-order valence-electron chi connectivity index (χ4n) is 1.06. The van der Waals surface area contributed by atoms with E-state index in [1.807, 2.05) is 0 Å². The van der Waals surface area contributed by atoms with Crippen LogP contribution < -0.4 is 5.32 Å². The second-order valence-electron chi connectivity index (χ2n) is 2.96. The SMILES string of the molecule is O=C(NCCCCl)c1cc(Cl)cc(Br)c1. The van der Waals surface area contributed by atoms with Crippen molar-refractivity contribution >= 4 is 45.0 Å². The first-order valence-electron chi connectivity index (χ1n) is 4.43. The quantitative estimate of drug-likeness (QED) is 0.669. The van der Waals surface area contributed by atoms with Crippen LogP contribution in [-0.2, 0) is 0 Å².